The lowest BCUT2D eigenvalue weighted by Gasteiger charge is -2.17. The topological polar surface area (TPSA) is 142 Å². The second-order valence-corrected chi connectivity index (χ2v) is 5.61. The van der Waals surface area contributed by atoms with Gasteiger partial charge in [-0.2, -0.15) is 0 Å². The van der Waals surface area contributed by atoms with Crippen LogP contribution in [0.25, 0.3) is 11.1 Å². The van der Waals surface area contributed by atoms with E-state index < -0.39 is 35.2 Å². The van der Waals surface area contributed by atoms with Gasteiger partial charge < -0.3 is 19.2 Å². The molecule has 0 fully saturated rings. The van der Waals surface area contributed by atoms with E-state index in [1.54, 1.807) is 6.92 Å². The summed E-state index contributed by atoms with van der Waals surface area (Å²) in [5.74, 6) is -4.52. The number of esters is 3. The van der Waals surface area contributed by atoms with Crippen LogP contribution in [0, 0.1) is 0 Å². The van der Waals surface area contributed by atoms with E-state index >= 15 is 0 Å². The second-order valence-electron chi connectivity index (χ2n) is 5.61. The van der Waals surface area contributed by atoms with Crippen molar-refractivity contribution >= 4 is 29.5 Å². The number of H-pyrrole nitrogens is 1. The maximum atomic E-state index is 12.6. The van der Waals surface area contributed by atoms with Crippen LogP contribution in [0.4, 0.5) is 0 Å². The molecule has 0 aliphatic heterocycles. The number of hydrogen-bond acceptors (Lipinski definition) is 9. The standard InChI is InChI=1S/C18H14N2O8/c1-4-28-18(25)10-5-7-11-8(16(23)26-2)6-9(17(24)27-3)20-13(11)15(22)14(21)12(7)19-10/h5-6,19H,4H2,1-3H3. The number of hydrogen-bond donors (Lipinski definition) is 1. The number of ether oxygens (including phenoxy) is 3. The average molecular weight is 386 g/mol. The Balaban J connectivity index is 2.32. The fraction of sp³-hybridized carbons (Fsp3) is 0.222. The number of nitrogens with zero attached hydrogens (tertiary/aromatic N) is 1. The number of pyridine rings is 1. The highest BCUT2D eigenvalue weighted by molar-refractivity contribution is 6.52. The Morgan fingerprint density at radius 3 is 2.29 bits per heavy atom. The fourth-order valence-corrected chi connectivity index (χ4v) is 2.83. The van der Waals surface area contributed by atoms with Crippen molar-refractivity contribution in [2.75, 3.05) is 20.8 Å². The second kappa shape index (κ2) is 7.06. The van der Waals surface area contributed by atoms with Gasteiger partial charge in [0.05, 0.1) is 32.1 Å². The number of aromatic nitrogens is 2. The molecule has 0 radical (unpaired) electrons. The number of methoxy groups -OCH3 is 2. The first kappa shape index (κ1) is 19.0. The molecular formula is C18H14N2O8. The fourth-order valence-electron chi connectivity index (χ4n) is 2.83. The number of carbonyl (C=O) groups is 5. The highest BCUT2D eigenvalue weighted by Crippen LogP contribution is 2.36. The molecule has 0 bridgehead atoms. The molecule has 10 heteroatoms. The number of fused-ring (bicyclic) bond motifs is 3. The zero-order valence-corrected chi connectivity index (χ0v) is 15.1. The molecule has 0 unspecified atom stereocenters. The maximum absolute atomic E-state index is 12.6. The van der Waals surface area contributed by atoms with Crippen molar-refractivity contribution in [1.29, 1.82) is 0 Å². The van der Waals surface area contributed by atoms with Gasteiger partial charge in [0.1, 0.15) is 17.1 Å². The predicted molar refractivity (Wildman–Crippen MR) is 91.3 cm³/mol. The van der Waals surface area contributed by atoms with Gasteiger partial charge in [0.15, 0.2) is 0 Å². The highest BCUT2D eigenvalue weighted by Gasteiger charge is 2.38. The summed E-state index contributed by atoms with van der Waals surface area (Å²) in [4.78, 5) is 67.6. The van der Waals surface area contributed by atoms with Crippen molar-refractivity contribution in [1.82, 2.24) is 9.97 Å². The molecule has 0 saturated heterocycles. The van der Waals surface area contributed by atoms with Crippen molar-refractivity contribution in [2.24, 2.45) is 0 Å². The molecule has 2 aromatic rings. The van der Waals surface area contributed by atoms with Crippen LogP contribution in [0.3, 0.4) is 0 Å². The maximum Gasteiger partial charge on any atom is 0.356 e. The molecule has 3 rings (SSSR count). The van der Waals surface area contributed by atoms with E-state index in [0.29, 0.717) is 0 Å². The van der Waals surface area contributed by atoms with Gasteiger partial charge in [-0.05, 0) is 19.1 Å². The molecule has 2 aromatic heterocycles. The number of nitrogens with one attached hydrogen (secondary N) is 1. The van der Waals surface area contributed by atoms with E-state index in [2.05, 4.69) is 14.7 Å². The SMILES string of the molecule is CCOC(=O)c1cc2c([nH]1)C(=O)C(=O)c1nc(C(=O)OC)cc(C(=O)OC)c1-2. The first-order valence-electron chi connectivity index (χ1n) is 8.05. The molecule has 0 amide bonds. The van der Waals surface area contributed by atoms with Crippen molar-refractivity contribution in [3.8, 4) is 11.1 Å². The number of ketones is 2. The smallest absolute Gasteiger partial charge is 0.356 e. The van der Waals surface area contributed by atoms with E-state index in [0.717, 1.165) is 20.3 Å². The third kappa shape index (κ3) is 2.84. The van der Waals surface area contributed by atoms with E-state index in [9.17, 15) is 24.0 Å². The van der Waals surface area contributed by atoms with Crippen LogP contribution in [0.5, 0.6) is 0 Å². The Morgan fingerprint density at radius 2 is 1.68 bits per heavy atom. The Morgan fingerprint density at radius 1 is 1.00 bits per heavy atom. The Bertz CT molecular complexity index is 1050. The molecule has 1 aliphatic carbocycles. The summed E-state index contributed by atoms with van der Waals surface area (Å²) in [6.45, 7) is 1.71. The van der Waals surface area contributed by atoms with Gasteiger partial charge in [-0.15, -0.1) is 0 Å². The van der Waals surface area contributed by atoms with Crippen molar-refractivity contribution in [3.05, 3.63) is 40.5 Å². The number of rotatable bonds is 4. The Hall–Kier alpha value is -3.82. The van der Waals surface area contributed by atoms with Gasteiger partial charge in [-0.25, -0.2) is 19.4 Å². The lowest BCUT2D eigenvalue weighted by Crippen LogP contribution is -2.26. The largest absolute Gasteiger partial charge is 0.465 e. The summed E-state index contributed by atoms with van der Waals surface area (Å²) in [5.41, 5.74) is -1.10. The van der Waals surface area contributed by atoms with Crippen LogP contribution >= 0.6 is 0 Å². The normalized spacial score (nSPS) is 12.1. The van der Waals surface area contributed by atoms with Gasteiger partial charge in [0.2, 0.25) is 0 Å². The molecule has 0 atom stereocenters. The monoisotopic (exact) mass is 386 g/mol. The van der Waals surface area contributed by atoms with Crippen LogP contribution in [0.15, 0.2) is 12.1 Å². The molecule has 0 saturated carbocycles. The summed E-state index contributed by atoms with van der Waals surface area (Å²) in [6, 6.07) is 2.38. The summed E-state index contributed by atoms with van der Waals surface area (Å²) in [6.07, 6.45) is 0. The molecule has 0 aromatic carbocycles. The molecule has 144 valence electrons. The molecule has 2 heterocycles. The number of aromatic amines is 1. The number of Topliss-reactive ketones (excluding diaryl/α,β-unsaturated/α-hetero) is 2. The van der Waals surface area contributed by atoms with Crippen molar-refractivity contribution in [2.45, 2.75) is 6.92 Å². The minimum atomic E-state index is -1.05. The first-order chi connectivity index (χ1) is 13.3. The zero-order chi connectivity index (χ0) is 20.6. The van der Waals surface area contributed by atoms with Crippen molar-refractivity contribution in [3.63, 3.8) is 0 Å². The zero-order valence-electron chi connectivity index (χ0n) is 15.1. The molecule has 0 spiro atoms. The minimum Gasteiger partial charge on any atom is -0.465 e. The lowest BCUT2D eigenvalue weighted by atomic mass is 9.88. The van der Waals surface area contributed by atoms with E-state index in [1.807, 2.05) is 0 Å². The summed E-state index contributed by atoms with van der Waals surface area (Å²) >= 11 is 0. The highest BCUT2D eigenvalue weighted by atomic mass is 16.5. The van der Waals surface area contributed by atoms with E-state index in [4.69, 9.17) is 9.47 Å². The Labute approximate surface area is 157 Å². The molecule has 1 aliphatic rings. The van der Waals surface area contributed by atoms with Crippen LogP contribution in [-0.2, 0) is 14.2 Å². The van der Waals surface area contributed by atoms with Crippen LogP contribution in [0.2, 0.25) is 0 Å². The van der Waals surface area contributed by atoms with E-state index in [-0.39, 0.29) is 40.4 Å². The van der Waals surface area contributed by atoms with Gasteiger partial charge >= 0.3 is 17.9 Å². The molecular weight excluding hydrogens is 372 g/mol. The third-order valence-electron chi connectivity index (χ3n) is 4.05. The quantitative estimate of drug-likeness (QED) is 0.466. The average Bonchev–Trinajstić information content (AvgIpc) is 3.15. The van der Waals surface area contributed by atoms with Gasteiger partial charge in [-0.1, -0.05) is 0 Å². The molecule has 1 N–H and O–H groups in total. The van der Waals surface area contributed by atoms with Gasteiger partial charge in [0, 0.05) is 11.1 Å². The van der Waals surface area contributed by atoms with Gasteiger partial charge in [-0.3, -0.25) is 9.59 Å². The molecule has 10 nitrogen and oxygen atoms in total. The number of carbonyl (C=O) groups excluding carboxylic acids is 5. The Kier molecular flexibility index (Phi) is 4.78. The third-order valence-corrected chi connectivity index (χ3v) is 4.05. The molecule has 28 heavy (non-hydrogen) atoms. The van der Waals surface area contributed by atoms with Crippen LogP contribution in [0.1, 0.15) is 59.2 Å². The summed E-state index contributed by atoms with van der Waals surface area (Å²) < 4.78 is 14.2. The van der Waals surface area contributed by atoms with Crippen LogP contribution < -0.4 is 0 Å². The first-order valence-corrected chi connectivity index (χ1v) is 8.05. The van der Waals surface area contributed by atoms with E-state index in [1.165, 1.54) is 6.07 Å². The van der Waals surface area contributed by atoms with Crippen LogP contribution in [-0.4, -0.2) is 60.3 Å². The van der Waals surface area contributed by atoms with Crippen molar-refractivity contribution < 1.29 is 38.2 Å². The summed E-state index contributed by atoms with van der Waals surface area (Å²) in [7, 11) is 2.22. The summed E-state index contributed by atoms with van der Waals surface area (Å²) in [5, 5.41) is 0. The minimum absolute atomic E-state index is 0.0223. The van der Waals surface area contributed by atoms with Gasteiger partial charge in [0.25, 0.3) is 11.6 Å². The predicted octanol–water partition coefficient (Wildman–Crippen LogP) is 1.21. The lowest BCUT2D eigenvalue weighted by molar-refractivity contribution is 0.0518.